The van der Waals surface area contributed by atoms with Crippen LogP contribution in [-0.2, 0) is 16.6 Å². The molecule has 2 N–H and O–H groups in total. The van der Waals surface area contributed by atoms with E-state index in [2.05, 4.69) is 4.72 Å². The third-order valence-corrected chi connectivity index (χ3v) is 6.58. The fourth-order valence-corrected chi connectivity index (χ4v) is 4.31. The van der Waals surface area contributed by atoms with Gasteiger partial charge in [-0.1, -0.05) is 39.3 Å². The topological polar surface area (TPSA) is 66.4 Å². The second kappa shape index (κ2) is 4.70. The van der Waals surface area contributed by atoms with Crippen molar-refractivity contribution in [1.29, 1.82) is 0 Å². The van der Waals surface area contributed by atoms with Gasteiger partial charge < -0.3 is 5.11 Å². The standard InChI is InChI=1S/C14H20ClNO3S/c1-13(2)12(14(13,3)4)16-20(18,19)10-5-6-11(15)9(7-10)8-17/h5-7,12,16-17H,8H2,1-4H3. The molecule has 1 aromatic carbocycles. The molecule has 0 saturated heterocycles. The first kappa shape index (κ1) is 15.8. The molecule has 0 amide bonds. The van der Waals surface area contributed by atoms with Crippen molar-refractivity contribution >= 4 is 21.6 Å². The van der Waals surface area contributed by atoms with E-state index in [1.807, 2.05) is 27.7 Å². The summed E-state index contributed by atoms with van der Waals surface area (Å²) in [6.45, 7) is 7.88. The normalized spacial score (nSPS) is 20.9. The van der Waals surface area contributed by atoms with Gasteiger partial charge in [0.15, 0.2) is 0 Å². The van der Waals surface area contributed by atoms with Crippen LogP contribution in [0.25, 0.3) is 0 Å². The maximum Gasteiger partial charge on any atom is 0.240 e. The first-order valence-corrected chi connectivity index (χ1v) is 8.32. The summed E-state index contributed by atoms with van der Waals surface area (Å²) in [7, 11) is -3.61. The molecule has 1 saturated carbocycles. The van der Waals surface area contributed by atoms with E-state index in [9.17, 15) is 8.42 Å². The molecule has 0 atom stereocenters. The number of hydrogen-bond donors (Lipinski definition) is 2. The molecule has 4 nitrogen and oxygen atoms in total. The molecular weight excluding hydrogens is 298 g/mol. The van der Waals surface area contributed by atoms with Crippen LogP contribution in [0.5, 0.6) is 0 Å². The third-order valence-electron chi connectivity index (χ3n) is 4.79. The van der Waals surface area contributed by atoms with Gasteiger partial charge in [0, 0.05) is 11.1 Å². The number of hydrogen-bond acceptors (Lipinski definition) is 3. The highest BCUT2D eigenvalue weighted by Crippen LogP contribution is 2.62. The molecule has 6 heteroatoms. The van der Waals surface area contributed by atoms with Gasteiger partial charge in [-0.25, -0.2) is 13.1 Å². The molecule has 1 fully saturated rings. The second-order valence-electron chi connectivity index (χ2n) is 6.41. The molecule has 112 valence electrons. The molecule has 0 bridgehead atoms. The Balaban J connectivity index is 2.29. The SMILES string of the molecule is CC1(C)C(NS(=O)(=O)c2ccc(Cl)c(CO)c2)C1(C)C. The Labute approximate surface area is 125 Å². The number of halogens is 1. The van der Waals surface area contributed by atoms with Crippen molar-refractivity contribution in [2.24, 2.45) is 10.8 Å². The Morgan fingerprint density at radius 2 is 1.80 bits per heavy atom. The zero-order valence-corrected chi connectivity index (χ0v) is 13.6. The summed E-state index contributed by atoms with van der Waals surface area (Å²) in [4.78, 5) is 0.129. The Hall–Kier alpha value is -0.620. The van der Waals surface area contributed by atoms with Crippen LogP contribution in [-0.4, -0.2) is 19.6 Å². The van der Waals surface area contributed by atoms with E-state index in [1.54, 1.807) is 0 Å². The van der Waals surface area contributed by atoms with Crippen molar-refractivity contribution in [1.82, 2.24) is 4.72 Å². The number of aliphatic hydroxyl groups excluding tert-OH is 1. The summed E-state index contributed by atoms with van der Waals surface area (Å²) in [5.41, 5.74) is 0.252. The maximum absolute atomic E-state index is 12.4. The quantitative estimate of drug-likeness (QED) is 0.897. The molecular formula is C14H20ClNO3S. The van der Waals surface area contributed by atoms with Crippen LogP contribution >= 0.6 is 11.6 Å². The van der Waals surface area contributed by atoms with E-state index < -0.39 is 10.0 Å². The highest BCUT2D eigenvalue weighted by atomic mass is 35.5. The zero-order valence-electron chi connectivity index (χ0n) is 12.1. The Morgan fingerprint density at radius 3 is 2.25 bits per heavy atom. The summed E-state index contributed by atoms with van der Waals surface area (Å²) in [6.07, 6.45) is 0. The first-order valence-electron chi connectivity index (χ1n) is 6.45. The van der Waals surface area contributed by atoms with Crippen LogP contribution in [0.2, 0.25) is 5.02 Å². The lowest BCUT2D eigenvalue weighted by Crippen LogP contribution is -2.30. The lowest BCUT2D eigenvalue weighted by molar-refractivity contribution is 0.281. The predicted octanol–water partition coefficient (Wildman–Crippen LogP) is 2.55. The van der Waals surface area contributed by atoms with E-state index in [-0.39, 0.29) is 28.4 Å². The average molecular weight is 318 g/mol. The van der Waals surface area contributed by atoms with E-state index in [0.717, 1.165) is 0 Å². The minimum absolute atomic E-state index is 0.0771. The highest BCUT2D eigenvalue weighted by molar-refractivity contribution is 7.89. The van der Waals surface area contributed by atoms with E-state index >= 15 is 0 Å². The van der Waals surface area contributed by atoms with Crippen molar-refractivity contribution in [2.45, 2.75) is 45.2 Å². The molecule has 1 aliphatic carbocycles. The van der Waals surface area contributed by atoms with Gasteiger partial charge in [-0.3, -0.25) is 0 Å². The average Bonchev–Trinajstić information content (AvgIpc) is 2.71. The van der Waals surface area contributed by atoms with Crippen LogP contribution in [0.4, 0.5) is 0 Å². The van der Waals surface area contributed by atoms with E-state index in [0.29, 0.717) is 10.6 Å². The number of aliphatic hydroxyl groups is 1. The molecule has 1 aliphatic rings. The molecule has 2 rings (SSSR count). The van der Waals surface area contributed by atoms with Gasteiger partial charge in [-0.05, 0) is 34.6 Å². The minimum Gasteiger partial charge on any atom is -0.392 e. The highest BCUT2D eigenvalue weighted by Gasteiger charge is 2.66. The molecule has 1 aromatic rings. The summed E-state index contributed by atoms with van der Waals surface area (Å²) in [5, 5.41) is 9.53. The first-order chi connectivity index (χ1) is 9.04. The number of rotatable bonds is 4. The third kappa shape index (κ3) is 2.37. The Morgan fingerprint density at radius 1 is 1.25 bits per heavy atom. The van der Waals surface area contributed by atoms with Crippen LogP contribution in [0.15, 0.2) is 23.1 Å². The fourth-order valence-electron chi connectivity index (χ4n) is 2.55. The maximum atomic E-state index is 12.4. The van der Waals surface area contributed by atoms with Gasteiger partial charge in [-0.2, -0.15) is 0 Å². The van der Waals surface area contributed by atoms with Crippen molar-refractivity contribution in [3.63, 3.8) is 0 Å². The molecule has 0 unspecified atom stereocenters. The number of benzene rings is 1. The van der Waals surface area contributed by atoms with Crippen molar-refractivity contribution in [3.05, 3.63) is 28.8 Å². The van der Waals surface area contributed by atoms with Crippen molar-refractivity contribution in [3.8, 4) is 0 Å². The molecule has 0 spiro atoms. The Kier molecular flexibility index (Phi) is 3.70. The van der Waals surface area contributed by atoms with Gasteiger partial charge in [0.2, 0.25) is 10.0 Å². The molecule has 0 aromatic heterocycles. The van der Waals surface area contributed by atoms with Gasteiger partial charge in [0.1, 0.15) is 0 Å². The smallest absolute Gasteiger partial charge is 0.240 e. The van der Waals surface area contributed by atoms with E-state index in [4.69, 9.17) is 16.7 Å². The number of nitrogens with one attached hydrogen (secondary N) is 1. The minimum atomic E-state index is -3.61. The van der Waals surface area contributed by atoms with Crippen LogP contribution in [0.3, 0.4) is 0 Å². The zero-order chi connectivity index (χ0) is 15.3. The fraction of sp³-hybridized carbons (Fsp3) is 0.571. The lowest BCUT2D eigenvalue weighted by atomic mass is 10.0. The van der Waals surface area contributed by atoms with Crippen LogP contribution in [0.1, 0.15) is 33.3 Å². The molecule has 20 heavy (non-hydrogen) atoms. The summed E-state index contributed by atoms with van der Waals surface area (Å²) >= 11 is 5.88. The van der Waals surface area contributed by atoms with Crippen molar-refractivity contribution in [2.75, 3.05) is 0 Å². The largest absolute Gasteiger partial charge is 0.392 e. The summed E-state index contributed by atoms with van der Waals surface area (Å²) < 4.78 is 27.5. The lowest BCUT2D eigenvalue weighted by Gasteiger charge is -2.10. The predicted molar refractivity (Wildman–Crippen MR) is 79.0 cm³/mol. The molecule has 0 aliphatic heterocycles. The summed E-state index contributed by atoms with van der Waals surface area (Å²) in [6, 6.07) is 4.25. The Bertz CT molecular complexity index is 624. The van der Waals surface area contributed by atoms with Crippen LogP contribution < -0.4 is 4.72 Å². The molecule has 0 heterocycles. The monoisotopic (exact) mass is 317 g/mol. The van der Waals surface area contributed by atoms with E-state index in [1.165, 1.54) is 18.2 Å². The van der Waals surface area contributed by atoms with Crippen LogP contribution in [0, 0.1) is 10.8 Å². The van der Waals surface area contributed by atoms with Gasteiger partial charge >= 0.3 is 0 Å². The summed E-state index contributed by atoms with van der Waals surface area (Å²) in [5.74, 6) is 0. The second-order valence-corrected chi connectivity index (χ2v) is 8.53. The van der Waals surface area contributed by atoms with Gasteiger partial charge in [-0.15, -0.1) is 0 Å². The van der Waals surface area contributed by atoms with Gasteiger partial charge in [0.05, 0.1) is 11.5 Å². The molecule has 0 radical (unpaired) electrons. The number of sulfonamides is 1. The van der Waals surface area contributed by atoms with Crippen molar-refractivity contribution < 1.29 is 13.5 Å². The van der Waals surface area contributed by atoms with Gasteiger partial charge in [0.25, 0.3) is 0 Å².